The summed E-state index contributed by atoms with van der Waals surface area (Å²) in [4.78, 5) is 23.1. The van der Waals surface area contributed by atoms with Crippen LogP contribution in [-0.2, 0) is 9.53 Å². The van der Waals surface area contributed by atoms with Crippen LogP contribution in [0.15, 0.2) is 18.2 Å². The number of ether oxygens (including phenoxy) is 1. The summed E-state index contributed by atoms with van der Waals surface area (Å²) in [7, 11) is 0. The first-order valence-corrected chi connectivity index (χ1v) is 5.76. The van der Waals surface area contributed by atoms with Gasteiger partial charge in [-0.05, 0) is 18.6 Å². The lowest BCUT2D eigenvalue weighted by Crippen LogP contribution is -2.18. The average molecular weight is 255 g/mol. The van der Waals surface area contributed by atoms with Crippen molar-refractivity contribution in [3.63, 3.8) is 0 Å². The number of ketones is 1. The van der Waals surface area contributed by atoms with Gasteiger partial charge >= 0.3 is 5.97 Å². The van der Waals surface area contributed by atoms with Crippen LogP contribution in [0.5, 0.6) is 0 Å². The Bertz CT molecular complexity index is 418. The van der Waals surface area contributed by atoms with Gasteiger partial charge in [-0.2, -0.15) is 0 Å². The number of benzene rings is 1. The van der Waals surface area contributed by atoms with Crippen LogP contribution in [0.3, 0.4) is 0 Å². The maximum Gasteiger partial charge on any atom is 0.340 e. The van der Waals surface area contributed by atoms with Crippen molar-refractivity contribution in [2.45, 2.75) is 20.8 Å². The molecule has 0 aliphatic rings. The average Bonchev–Trinajstić information content (AvgIpc) is 2.25. The number of aryl methyl sites for hydroxylation is 1. The Balaban J connectivity index is 2.74. The van der Waals surface area contributed by atoms with Gasteiger partial charge in [-0.3, -0.25) is 4.79 Å². The molecule has 0 radical (unpaired) electrons. The quantitative estimate of drug-likeness (QED) is 0.776. The van der Waals surface area contributed by atoms with Crippen molar-refractivity contribution in [1.82, 2.24) is 0 Å². The molecule has 0 unspecified atom stereocenters. The standard InChI is InChI=1S/C13H15ClO3/c1-8(2)11(15)7-17-13(16)12-9(3)5-4-6-10(12)14/h4-6,8H,7H2,1-3H3. The number of rotatable bonds is 4. The smallest absolute Gasteiger partial charge is 0.340 e. The molecule has 17 heavy (non-hydrogen) atoms. The lowest BCUT2D eigenvalue weighted by atomic mass is 10.1. The van der Waals surface area contributed by atoms with Crippen LogP contribution >= 0.6 is 11.6 Å². The Kier molecular flexibility index (Phi) is 4.70. The van der Waals surface area contributed by atoms with Crippen LogP contribution in [0.4, 0.5) is 0 Å². The molecule has 0 aromatic heterocycles. The molecular weight excluding hydrogens is 240 g/mol. The second kappa shape index (κ2) is 5.82. The van der Waals surface area contributed by atoms with Gasteiger partial charge in [0.2, 0.25) is 0 Å². The minimum Gasteiger partial charge on any atom is -0.454 e. The fourth-order valence-electron chi connectivity index (χ4n) is 1.27. The summed E-state index contributed by atoms with van der Waals surface area (Å²) in [6, 6.07) is 5.15. The first-order chi connectivity index (χ1) is 7.93. The summed E-state index contributed by atoms with van der Waals surface area (Å²) in [5, 5.41) is 0.340. The summed E-state index contributed by atoms with van der Waals surface area (Å²) >= 11 is 5.92. The summed E-state index contributed by atoms with van der Waals surface area (Å²) in [6.07, 6.45) is 0. The third-order valence-corrected chi connectivity index (χ3v) is 2.73. The van der Waals surface area contributed by atoms with E-state index in [-0.39, 0.29) is 18.3 Å². The minimum atomic E-state index is -0.554. The lowest BCUT2D eigenvalue weighted by Gasteiger charge is -2.09. The molecule has 1 aromatic carbocycles. The van der Waals surface area contributed by atoms with Crippen LogP contribution in [0.25, 0.3) is 0 Å². The van der Waals surface area contributed by atoms with Crippen LogP contribution in [0.2, 0.25) is 5.02 Å². The maximum absolute atomic E-state index is 11.8. The highest BCUT2D eigenvalue weighted by atomic mass is 35.5. The van der Waals surface area contributed by atoms with E-state index >= 15 is 0 Å². The lowest BCUT2D eigenvalue weighted by molar-refractivity contribution is -0.125. The number of hydrogen-bond acceptors (Lipinski definition) is 3. The summed E-state index contributed by atoms with van der Waals surface area (Å²) in [6.45, 7) is 5.09. The van der Waals surface area contributed by atoms with E-state index in [1.165, 1.54) is 0 Å². The Labute approximate surface area is 106 Å². The summed E-state index contributed by atoms with van der Waals surface area (Å²) in [5.74, 6) is -0.805. The molecule has 0 spiro atoms. The van der Waals surface area contributed by atoms with Gasteiger partial charge in [0.05, 0.1) is 10.6 Å². The molecule has 3 nitrogen and oxygen atoms in total. The molecule has 0 bridgehead atoms. The van der Waals surface area contributed by atoms with E-state index in [0.29, 0.717) is 10.6 Å². The van der Waals surface area contributed by atoms with E-state index in [0.717, 1.165) is 5.56 Å². The zero-order chi connectivity index (χ0) is 13.0. The van der Waals surface area contributed by atoms with Crippen molar-refractivity contribution in [2.75, 3.05) is 6.61 Å². The Morgan fingerprint density at radius 3 is 2.53 bits per heavy atom. The molecule has 0 amide bonds. The van der Waals surface area contributed by atoms with Crippen molar-refractivity contribution in [2.24, 2.45) is 5.92 Å². The zero-order valence-electron chi connectivity index (χ0n) is 10.1. The number of hydrogen-bond donors (Lipinski definition) is 0. The van der Waals surface area contributed by atoms with E-state index in [1.54, 1.807) is 39.0 Å². The largest absolute Gasteiger partial charge is 0.454 e. The second-order valence-corrected chi connectivity index (χ2v) is 4.54. The van der Waals surface area contributed by atoms with Gasteiger partial charge < -0.3 is 4.74 Å². The Morgan fingerprint density at radius 1 is 1.35 bits per heavy atom. The highest BCUT2D eigenvalue weighted by Gasteiger charge is 2.16. The number of carbonyl (C=O) groups excluding carboxylic acids is 2. The van der Waals surface area contributed by atoms with Gasteiger partial charge in [-0.25, -0.2) is 4.79 Å². The summed E-state index contributed by atoms with van der Waals surface area (Å²) in [5.41, 5.74) is 1.06. The molecule has 0 fully saturated rings. The van der Waals surface area contributed by atoms with Crippen LogP contribution in [0.1, 0.15) is 29.8 Å². The van der Waals surface area contributed by atoms with Gasteiger partial charge in [0, 0.05) is 5.92 Å². The fraction of sp³-hybridized carbons (Fsp3) is 0.385. The van der Waals surface area contributed by atoms with E-state index < -0.39 is 5.97 Å². The first kappa shape index (κ1) is 13.7. The van der Waals surface area contributed by atoms with Gasteiger partial charge in [0.25, 0.3) is 0 Å². The third kappa shape index (κ3) is 3.56. The van der Waals surface area contributed by atoms with E-state index in [9.17, 15) is 9.59 Å². The molecule has 1 aromatic rings. The van der Waals surface area contributed by atoms with Crippen molar-refractivity contribution in [3.05, 3.63) is 34.3 Å². The SMILES string of the molecule is Cc1cccc(Cl)c1C(=O)OCC(=O)C(C)C. The van der Waals surface area contributed by atoms with Gasteiger partial charge in [0.15, 0.2) is 12.4 Å². The van der Waals surface area contributed by atoms with Crippen LogP contribution < -0.4 is 0 Å². The molecule has 92 valence electrons. The predicted octanol–water partition coefficient (Wildman–Crippen LogP) is 3.03. The fourth-order valence-corrected chi connectivity index (χ4v) is 1.56. The Hall–Kier alpha value is -1.35. The second-order valence-electron chi connectivity index (χ2n) is 4.13. The molecule has 1 rings (SSSR count). The van der Waals surface area contributed by atoms with Gasteiger partial charge in [0.1, 0.15) is 0 Å². The molecule has 0 heterocycles. The van der Waals surface area contributed by atoms with Gasteiger partial charge in [-0.1, -0.05) is 37.6 Å². The minimum absolute atomic E-state index is 0.108. The van der Waals surface area contributed by atoms with Crippen molar-refractivity contribution in [1.29, 1.82) is 0 Å². The zero-order valence-corrected chi connectivity index (χ0v) is 10.9. The first-order valence-electron chi connectivity index (χ1n) is 5.38. The van der Waals surface area contributed by atoms with Crippen LogP contribution in [-0.4, -0.2) is 18.4 Å². The normalized spacial score (nSPS) is 10.4. The molecule has 0 saturated heterocycles. The summed E-state index contributed by atoms with van der Waals surface area (Å²) < 4.78 is 4.94. The maximum atomic E-state index is 11.8. The monoisotopic (exact) mass is 254 g/mol. The van der Waals surface area contributed by atoms with E-state index in [4.69, 9.17) is 16.3 Å². The van der Waals surface area contributed by atoms with E-state index in [1.807, 2.05) is 0 Å². The van der Waals surface area contributed by atoms with E-state index in [2.05, 4.69) is 0 Å². The molecule has 0 N–H and O–H groups in total. The third-order valence-electron chi connectivity index (χ3n) is 2.42. The molecule has 0 saturated carbocycles. The topological polar surface area (TPSA) is 43.4 Å². The predicted molar refractivity (Wildman–Crippen MR) is 66.3 cm³/mol. The van der Waals surface area contributed by atoms with Gasteiger partial charge in [-0.15, -0.1) is 0 Å². The highest BCUT2D eigenvalue weighted by molar-refractivity contribution is 6.33. The Morgan fingerprint density at radius 2 is 2.00 bits per heavy atom. The number of Topliss-reactive ketones (excluding diaryl/α,β-unsaturated/α-hetero) is 1. The number of carbonyl (C=O) groups is 2. The number of esters is 1. The highest BCUT2D eigenvalue weighted by Crippen LogP contribution is 2.20. The molecule has 0 aliphatic carbocycles. The van der Waals surface area contributed by atoms with Crippen LogP contribution in [0, 0.1) is 12.8 Å². The van der Waals surface area contributed by atoms with Crippen molar-refractivity contribution >= 4 is 23.4 Å². The van der Waals surface area contributed by atoms with Crippen molar-refractivity contribution in [3.8, 4) is 0 Å². The molecular formula is C13H15ClO3. The molecule has 0 atom stereocenters. The molecule has 0 aliphatic heterocycles. The molecule has 4 heteroatoms. The number of halogens is 1. The van der Waals surface area contributed by atoms with Crippen molar-refractivity contribution < 1.29 is 14.3 Å².